The second-order valence-electron chi connectivity index (χ2n) is 12.1. The highest BCUT2D eigenvalue weighted by Crippen LogP contribution is 2.18. The predicted octanol–water partition coefficient (Wildman–Crippen LogP) is 4.78. The van der Waals surface area contributed by atoms with Crippen molar-refractivity contribution in [2.45, 2.75) is 36.8 Å². The molecule has 0 amide bonds. The molecule has 0 spiro atoms. The van der Waals surface area contributed by atoms with Crippen LogP contribution >= 0.6 is 0 Å². The smallest absolute Gasteiger partial charge is 0.338 e. The first kappa shape index (κ1) is 47.8. The fourth-order valence-electron chi connectivity index (χ4n) is 4.77. The van der Waals surface area contributed by atoms with Gasteiger partial charge in [0.15, 0.2) is 30.7 Å². The normalized spacial score (nSPS) is 14.2. The number of carbonyl (C=O) groups is 4. The van der Waals surface area contributed by atoms with Gasteiger partial charge in [0.2, 0.25) is 0 Å². The van der Waals surface area contributed by atoms with Gasteiger partial charge in [-0.15, -0.1) is 0 Å². The summed E-state index contributed by atoms with van der Waals surface area (Å²) in [6.45, 7) is -1.31. The molecule has 0 saturated heterocycles. The van der Waals surface area contributed by atoms with Gasteiger partial charge in [-0.05, 0) is 48.5 Å². The largest absolute Gasteiger partial charge is 0.459 e. The second kappa shape index (κ2) is 25.0. The Morgan fingerprint density at radius 2 is 0.917 bits per heavy atom. The van der Waals surface area contributed by atoms with Gasteiger partial charge in [-0.2, -0.15) is 8.42 Å². The number of halogens is 2. The van der Waals surface area contributed by atoms with Gasteiger partial charge in [0.25, 0.3) is 10.1 Å². The number of hydrogen-bond acceptors (Lipinski definition) is 16. The van der Waals surface area contributed by atoms with Crippen molar-refractivity contribution >= 4 is 46.4 Å². The second-order valence-corrected chi connectivity index (χ2v) is 13.7. The number of esters is 4. The standard InChI is InChI=1S/C21H22FNO8S.C20H20FNO6/c1-28-23-13-17(22)19(30-21(25)16-11-7-4-8-12-16)18(31-32(2,26)27)14-29-20(24)15-9-5-3-6-10-15;1-26-22-12-16(21)18(28-20(25)15-10-6-3-7-11-15)17(23)13-27-19(24)14-8-4-2-5-9-14/h3-13,17-19H,14H2,1-2H3;2-12,16-18,23H,13H2,1H3/t17-,18-,19+;16-,17-,18+/m11/s1. The lowest BCUT2D eigenvalue weighted by molar-refractivity contribution is -0.0594. The Labute approximate surface area is 344 Å². The van der Waals surface area contributed by atoms with E-state index < -0.39 is 84.0 Å². The van der Waals surface area contributed by atoms with Crippen molar-refractivity contribution in [1.82, 2.24) is 0 Å². The Hall–Kier alpha value is -6.57. The van der Waals surface area contributed by atoms with Crippen LogP contribution in [0, 0.1) is 0 Å². The summed E-state index contributed by atoms with van der Waals surface area (Å²) in [6, 6.07) is 31.5. The molecule has 0 fully saturated rings. The molecule has 0 aromatic heterocycles. The molecule has 0 saturated carbocycles. The van der Waals surface area contributed by atoms with Gasteiger partial charge in [0, 0.05) is 0 Å². The Morgan fingerprint density at radius 1 is 0.583 bits per heavy atom. The van der Waals surface area contributed by atoms with Gasteiger partial charge in [-0.3, -0.25) is 4.18 Å². The van der Waals surface area contributed by atoms with E-state index >= 15 is 0 Å². The number of aliphatic hydroxyl groups is 1. The first-order valence-corrected chi connectivity index (χ1v) is 19.5. The molecule has 60 heavy (non-hydrogen) atoms. The van der Waals surface area contributed by atoms with Crippen molar-refractivity contribution in [3.63, 3.8) is 0 Å². The minimum Gasteiger partial charge on any atom is -0.459 e. The van der Waals surface area contributed by atoms with E-state index in [-0.39, 0.29) is 22.3 Å². The quantitative estimate of drug-likeness (QED) is 0.0417. The molecule has 320 valence electrons. The van der Waals surface area contributed by atoms with Gasteiger partial charge in [0.1, 0.15) is 33.5 Å². The summed E-state index contributed by atoms with van der Waals surface area (Å²) in [5, 5.41) is 16.9. The molecule has 6 atom stereocenters. The third kappa shape index (κ3) is 16.7. The van der Waals surface area contributed by atoms with E-state index in [1.54, 1.807) is 72.8 Å². The summed E-state index contributed by atoms with van der Waals surface area (Å²) in [6.07, 6.45) is -8.82. The van der Waals surface area contributed by atoms with Crippen molar-refractivity contribution < 1.29 is 74.3 Å². The highest BCUT2D eigenvalue weighted by molar-refractivity contribution is 7.86. The molecule has 1 N–H and O–H groups in total. The first-order chi connectivity index (χ1) is 28.7. The fourth-order valence-corrected chi connectivity index (χ4v) is 5.39. The summed E-state index contributed by atoms with van der Waals surface area (Å²) in [5.74, 6) is -3.29. The van der Waals surface area contributed by atoms with Crippen molar-refractivity contribution in [2.75, 3.05) is 33.7 Å². The van der Waals surface area contributed by atoms with Crippen LogP contribution < -0.4 is 0 Å². The number of hydrogen-bond donors (Lipinski definition) is 1. The third-order valence-corrected chi connectivity index (χ3v) is 8.17. The lowest BCUT2D eigenvalue weighted by Gasteiger charge is -2.27. The zero-order chi connectivity index (χ0) is 43.9. The summed E-state index contributed by atoms with van der Waals surface area (Å²) in [4.78, 5) is 57.8. The molecule has 4 rings (SSSR count). The molecular weight excluding hydrogens is 815 g/mol. The maximum atomic E-state index is 14.9. The van der Waals surface area contributed by atoms with Crippen molar-refractivity contribution in [1.29, 1.82) is 0 Å². The molecule has 0 heterocycles. The van der Waals surface area contributed by atoms with Gasteiger partial charge >= 0.3 is 23.9 Å². The topological polar surface area (TPSA) is 212 Å². The van der Waals surface area contributed by atoms with Gasteiger partial charge < -0.3 is 33.7 Å². The maximum Gasteiger partial charge on any atom is 0.338 e. The SMILES string of the molecule is CON=C[C@@H](F)[C@H](OC(=O)c1ccccc1)[C@@H](COC(=O)c1ccccc1)OS(C)(=O)=O.CON=C[C@@H](F)[C@H](OC(=O)c1ccccc1)[C@H](O)COC(=O)c1ccccc1. The molecule has 4 aromatic rings. The number of ether oxygens (including phenoxy) is 4. The van der Waals surface area contributed by atoms with E-state index in [1.807, 2.05) is 0 Å². The van der Waals surface area contributed by atoms with E-state index in [4.69, 9.17) is 23.1 Å². The summed E-state index contributed by atoms with van der Waals surface area (Å²) in [5.41, 5.74) is 0.719. The predicted molar refractivity (Wildman–Crippen MR) is 211 cm³/mol. The lowest BCUT2D eigenvalue weighted by Crippen LogP contribution is -2.45. The molecule has 4 aromatic carbocycles. The minimum atomic E-state index is -4.16. The average Bonchev–Trinajstić information content (AvgIpc) is 3.26. The van der Waals surface area contributed by atoms with Crippen LogP contribution in [-0.2, 0) is 42.9 Å². The molecule has 0 radical (unpaired) electrons. The summed E-state index contributed by atoms with van der Waals surface area (Å²) >= 11 is 0. The van der Waals surface area contributed by atoms with Crippen LogP contribution in [0.3, 0.4) is 0 Å². The molecule has 0 aliphatic rings. The zero-order valence-electron chi connectivity index (χ0n) is 32.4. The van der Waals surface area contributed by atoms with E-state index in [1.165, 1.54) is 62.8 Å². The van der Waals surface area contributed by atoms with Crippen molar-refractivity contribution in [3.8, 4) is 0 Å². The Balaban J connectivity index is 0.000000323. The van der Waals surface area contributed by atoms with Crippen LogP contribution in [0.1, 0.15) is 41.4 Å². The van der Waals surface area contributed by atoms with E-state index in [0.29, 0.717) is 6.21 Å². The highest BCUT2D eigenvalue weighted by Gasteiger charge is 2.38. The molecule has 0 bridgehead atoms. The number of oxime groups is 2. The van der Waals surface area contributed by atoms with Crippen LogP contribution in [0.4, 0.5) is 8.78 Å². The minimum absolute atomic E-state index is 0.0905. The molecule has 0 unspecified atom stereocenters. The maximum absolute atomic E-state index is 14.9. The fraction of sp³-hybridized carbons (Fsp3) is 0.268. The monoisotopic (exact) mass is 856 g/mol. The Bertz CT molecular complexity index is 2100. The highest BCUT2D eigenvalue weighted by atomic mass is 32.2. The van der Waals surface area contributed by atoms with E-state index in [0.717, 1.165) is 12.5 Å². The van der Waals surface area contributed by atoms with E-state index in [2.05, 4.69) is 20.0 Å². The molecule has 16 nitrogen and oxygen atoms in total. The van der Waals surface area contributed by atoms with Crippen LogP contribution in [-0.4, -0.2) is 120 Å². The Morgan fingerprint density at radius 3 is 1.28 bits per heavy atom. The number of benzene rings is 4. The summed E-state index contributed by atoms with van der Waals surface area (Å²) < 4.78 is 78.1. The number of aliphatic hydroxyl groups excluding tert-OH is 1. The average molecular weight is 857 g/mol. The first-order valence-electron chi connectivity index (χ1n) is 17.7. The van der Waals surface area contributed by atoms with Crippen LogP contribution in [0.25, 0.3) is 0 Å². The van der Waals surface area contributed by atoms with Crippen LogP contribution in [0.5, 0.6) is 0 Å². The third-order valence-electron chi connectivity index (χ3n) is 7.58. The van der Waals surface area contributed by atoms with Gasteiger partial charge in [-0.1, -0.05) is 83.1 Å². The number of nitrogens with zero attached hydrogens (tertiary/aromatic N) is 2. The number of alkyl halides is 2. The number of rotatable bonds is 20. The van der Waals surface area contributed by atoms with Gasteiger partial charge in [-0.25, -0.2) is 28.0 Å². The molecular formula is C41H42F2N2O14S. The molecule has 0 aliphatic carbocycles. The van der Waals surface area contributed by atoms with Gasteiger partial charge in [0.05, 0.1) is 40.9 Å². The lowest BCUT2D eigenvalue weighted by atomic mass is 10.1. The summed E-state index contributed by atoms with van der Waals surface area (Å²) in [7, 11) is -1.78. The molecule has 0 aliphatic heterocycles. The zero-order valence-corrected chi connectivity index (χ0v) is 33.2. The molecule has 19 heteroatoms. The van der Waals surface area contributed by atoms with Crippen molar-refractivity contribution in [2.24, 2.45) is 10.3 Å². The number of carbonyl (C=O) groups excluding carboxylic acids is 4. The Kier molecular flexibility index (Phi) is 19.9. The van der Waals surface area contributed by atoms with Crippen molar-refractivity contribution in [3.05, 3.63) is 144 Å². The van der Waals surface area contributed by atoms with Crippen LogP contribution in [0.15, 0.2) is 132 Å². The van der Waals surface area contributed by atoms with E-state index in [9.17, 15) is 41.5 Å². The van der Waals surface area contributed by atoms with Crippen LogP contribution in [0.2, 0.25) is 0 Å².